The summed E-state index contributed by atoms with van der Waals surface area (Å²) in [7, 11) is 0. The maximum absolute atomic E-state index is 13.6. The Bertz CT molecular complexity index is 2400. The quantitative estimate of drug-likeness (QED) is 0.166. The number of ether oxygens (including phenoxy) is 1. The van der Waals surface area contributed by atoms with Gasteiger partial charge in [-0.3, -0.25) is 19.2 Å². The van der Waals surface area contributed by atoms with Crippen molar-refractivity contribution < 1.29 is 68.5 Å². The normalized spacial score (nSPS) is 13.3. The van der Waals surface area contributed by atoms with Gasteiger partial charge in [-0.05, 0) is 110 Å². The second-order valence-corrected chi connectivity index (χ2v) is 12.6. The SMILES string of the molecule is Br.Cc1cc(F)ccc1O.Cc1cc(F)ccc1Oc1cc(C(F)(F)F)ccc1C(=O)NC1=CC(=O)CC=C1.O=C1C=C(NC(=O)c2ccc(C(F)(F)F)cc2F)C=CC1. The Morgan fingerprint density at radius 3 is 1.53 bits per heavy atom. The Hall–Kier alpha value is -6.43. The number of ketones is 2. The van der Waals surface area contributed by atoms with Gasteiger partial charge in [0.1, 0.15) is 34.7 Å². The molecule has 8 nitrogen and oxygen atoms in total. The van der Waals surface area contributed by atoms with Crippen molar-refractivity contribution in [2.24, 2.45) is 0 Å². The number of carbonyl (C=O) groups excluding carboxylic acids is 4. The Kier molecular flexibility index (Phi) is 16.4. The maximum Gasteiger partial charge on any atom is 0.416 e. The van der Waals surface area contributed by atoms with E-state index < -0.39 is 52.5 Å². The van der Waals surface area contributed by atoms with E-state index in [1.54, 1.807) is 13.0 Å². The molecular weight excluding hydrogens is 879 g/mol. The molecule has 4 aromatic rings. The van der Waals surface area contributed by atoms with E-state index in [1.807, 2.05) is 0 Å². The molecule has 60 heavy (non-hydrogen) atoms. The molecule has 0 spiro atoms. The highest BCUT2D eigenvalue weighted by atomic mass is 79.9. The monoisotopic (exact) mass is 910 g/mol. The van der Waals surface area contributed by atoms with E-state index in [4.69, 9.17) is 9.84 Å². The molecule has 0 bridgehead atoms. The van der Waals surface area contributed by atoms with Crippen molar-refractivity contribution in [3.05, 3.63) is 171 Å². The van der Waals surface area contributed by atoms with Gasteiger partial charge in [0.05, 0.1) is 22.3 Å². The first-order chi connectivity index (χ1) is 27.6. The first-order valence-corrected chi connectivity index (χ1v) is 17.0. The molecule has 0 saturated heterocycles. The Morgan fingerprint density at radius 1 is 0.617 bits per heavy atom. The van der Waals surface area contributed by atoms with Crippen molar-refractivity contribution in [1.29, 1.82) is 0 Å². The Balaban J connectivity index is 0.000000270. The van der Waals surface area contributed by atoms with Crippen molar-refractivity contribution in [2.45, 2.75) is 39.0 Å². The largest absolute Gasteiger partial charge is 0.508 e. The van der Waals surface area contributed by atoms with E-state index in [-0.39, 0.29) is 87.5 Å². The van der Waals surface area contributed by atoms with Gasteiger partial charge in [-0.25, -0.2) is 13.2 Å². The fourth-order valence-corrected chi connectivity index (χ4v) is 5.03. The lowest BCUT2D eigenvalue weighted by Gasteiger charge is -2.16. The molecule has 2 amide bonds. The standard InChI is InChI=1S/C21H15F4NO3.C14H9F4NO2.C7H7FO.BrH/c1-12-9-14(22)6-8-18(12)29-19-10-13(21(23,24)25)5-7-17(19)20(28)26-15-3-2-4-16(27)11-15;15-12-6-8(14(16,17)18)4-5-11(12)13(21)19-9-2-1-3-10(20)7-9;1-5-4-6(8)2-3-7(5)9;/h2-3,5-11H,4H2,1H3,(H,26,28);1-2,4-7H,3H2,(H,19,21);2-4,9H,1H3;1H. The number of phenols is 1. The number of halogens is 10. The minimum absolute atomic E-state index is 0. The second-order valence-electron chi connectivity index (χ2n) is 12.6. The minimum Gasteiger partial charge on any atom is -0.508 e. The zero-order chi connectivity index (χ0) is 43.7. The predicted octanol–water partition coefficient (Wildman–Crippen LogP) is 10.5. The summed E-state index contributed by atoms with van der Waals surface area (Å²) >= 11 is 0. The third-order valence-corrected chi connectivity index (χ3v) is 7.99. The summed E-state index contributed by atoms with van der Waals surface area (Å²) in [4.78, 5) is 47.0. The molecule has 18 heteroatoms. The fourth-order valence-electron chi connectivity index (χ4n) is 5.03. The number of benzene rings is 4. The molecule has 2 aliphatic carbocycles. The number of aryl methyl sites for hydroxylation is 2. The summed E-state index contributed by atoms with van der Waals surface area (Å²) in [6.07, 6.45) is -0.471. The number of nitrogens with one attached hydrogen (secondary N) is 2. The average molecular weight is 912 g/mol. The zero-order valence-electron chi connectivity index (χ0n) is 31.1. The number of aromatic hydroxyl groups is 1. The van der Waals surface area contributed by atoms with E-state index in [0.717, 1.165) is 30.3 Å². The predicted molar refractivity (Wildman–Crippen MR) is 206 cm³/mol. The van der Waals surface area contributed by atoms with Gasteiger partial charge in [-0.1, -0.05) is 12.2 Å². The van der Waals surface area contributed by atoms with E-state index in [2.05, 4.69) is 10.6 Å². The molecule has 0 unspecified atom stereocenters. The van der Waals surface area contributed by atoms with Crippen LogP contribution in [-0.4, -0.2) is 28.5 Å². The molecule has 0 fully saturated rings. The van der Waals surface area contributed by atoms with Crippen LogP contribution < -0.4 is 15.4 Å². The fraction of sp³-hybridized carbons (Fsp3) is 0.143. The molecule has 4 aromatic carbocycles. The molecule has 0 aliphatic heterocycles. The van der Waals surface area contributed by atoms with Gasteiger partial charge >= 0.3 is 12.4 Å². The van der Waals surface area contributed by atoms with Crippen molar-refractivity contribution in [1.82, 2.24) is 10.6 Å². The maximum atomic E-state index is 13.6. The van der Waals surface area contributed by atoms with Gasteiger partial charge in [-0.15, -0.1) is 17.0 Å². The van der Waals surface area contributed by atoms with E-state index in [0.29, 0.717) is 23.3 Å². The molecule has 0 radical (unpaired) electrons. The number of carbonyl (C=O) groups is 4. The van der Waals surface area contributed by atoms with Gasteiger partial charge in [0, 0.05) is 36.4 Å². The first-order valence-electron chi connectivity index (χ1n) is 17.0. The van der Waals surface area contributed by atoms with Crippen LogP contribution >= 0.6 is 17.0 Å². The first kappa shape index (κ1) is 47.9. The van der Waals surface area contributed by atoms with E-state index in [9.17, 15) is 58.7 Å². The third kappa shape index (κ3) is 13.9. The highest BCUT2D eigenvalue weighted by Crippen LogP contribution is 2.36. The average Bonchev–Trinajstić information content (AvgIpc) is 3.14. The zero-order valence-corrected chi connectivity index (χ0v) is 32.8. The van der Waals surface area contributed by atoms with Gasteiger partial charge in [0.2, 0.25) is 0 Å². The number of alkyl halides is 6. The lowest BCUT2D eigenvalue weighted by Crippen LogP contribution is -2.24. The van der Waals surface area contributed by atoms with Crippen LogP contribution in [0.1, 0.15) is 55.8 Å². The summed E-state index contributed by atoms with van der Waals surface area (Å²) in [5.74, 6) is -4.36. The van der Waals surface area contributed by atoms with Crippen LogP contribution in [-0.2, 0) is 21.9 Å². The highest BCUT2D eigenvalue weighted by molar-refractivity contribution is 8.93. The van der Waals surface area contributed by atoms with Crippen LogP contribution in [0.25, 0.3) is 0 Å². The van der Waals surface area contributed by atoms with Crippen LogP contribution in [0.15, 0.2) is 121 Å². The van der Waals surface area contributed by atoms with Gasteiger partial charge in [0.25, 0.3) is 11.8 Å². The summed E-state index contributed by atoms with van der Waals surface area (Å²) < 4.78 is 121. The summed E-state index contributed by atoms with van der Waals surface area (Å²) in [6, 6.07) is 11.4. The van der Waals surface area contributed by atoms with Gasteiger partial charge < -0.3 is 20.5 Å². The highest BCUT2D eigenvalue weighted by Gasteiger charge is 2.33. The molecule has 0 aromatic heterocycles. The van der Waals surface area contributed by atoms with Crippen LogP contribution in [0.3, 0.4) is 0 Å². The number of allylic oxidation sites excluding steroid dienone is 6. The Morgan fingerprint density at radius 2 is 1.08 bits per heavy atom. The molecular formula is C42H32BrF9N2O6. The Labute approximate surface area is 346 Å². The number of hydrogen-bond donors (Lipinski definition) is 3. The molecule has 2 aliphatic rings. The van der Waals surface area contributed by atoms with Gasteiger partial charge in [-0.2, -0.15) is 26.3 Å². The van der Waals surface area contributed by atoms with Gasteiger partial charge in [0.15, 0.2) is 11.6 Å². The summed E-state index contributed by atoms with van der Waals surface area (Å²) in [5, 5.41) is 13.6. The third-order valence-electron chi connectivity index (χ3n) is 7.99. The molecule has 316 valence electrons. The van der Waals surface area contributed by atoms with Crippen LogP contribution in [0, 0.1) is 31.3 Å². The molecule has 0 saturated carbocycles. The molecule has 6 rings (SSSR count). The smallest absolute Gasteiger partial charge is 0.416 e. The molecule has 0 heterocycles. The molecule has 3 N–H and O–H groups in total. The number of hydrogen-bond acceptors (Lipinski definition) is 6. The minimum atomic E-state index is -4.68. The van der Waals surface area contributed by atoms with Crippen molar-refractivity contribution in [2.75, 3.05) is 0 Å². The lowest BCUT2D eigenvalue weighted by atomic mass is 10.1. The van der Waals surface area contributed by atoms with E-state index >= 15 is 0 Å². The molecule has 0 atom stereocenters. The summed E-state index contributed by atoms with van der Waals surface area (Å²) in [5.41, 5.74) is -1.60. The lowest BCUT2D eigenvalue weighted by molar-refractivity contribution is -0.138. The number of phenolic OH excluding ortho intramolecular Hbond substituents is 1. The number of rotatable bonds is 6. The van der Waals surface area contributed by atoms with Crippen molar-refractivity contribution in [3.8, 4) is 17.2 Å². The van der Waals surface area contributed by atoms with Crippen molar-refractivity contribution in [3.63, 3.8) is 0 Å². The van der Waals surface area contributed by atoms with Crippen LogP contribution in [0.4, 0.5) is 39.5 Å². The number of amides is 2. The summed E-state index contributed by atoms with van der Waals surface area (Å²) in [6.45, 7) is 3.17. The van der Waals surface area contributed by atoms with Crippen LogP contribution in [0.2, 0.25) is 0 Å². The van der Waals surface area contributed by atoms with E-state index in [1.165, 1.54) is 61.6 Å². The van der Waals surface area contributed by atoms with Crippen LogP contribution in [0.5, 0.6) is 17.2 Å². The second kappa shape index (κ2) is 20.5. The van der Waals surface area contributed by atoms with Crippen molar-refractivity contribution >= 4 is 40.4 Å². The topological polar surface area (TPSA) is 122 Å².